The van der Waals surface area contributed by atoms with E-state index in [1.807, 2.05) is 55.5 Å². The number of nitrogens with one attached hydrogen (secondary N) is 2. The molecule has 0 saturated heterocycles. The van der Waals surface area contributed by atoms with Crippen LogP contribution >= 0.6 is 39.1 Å². The van der Waals surface area contributed by atoms with Gasteiger partial charge in [-0.25, -0.2) is 0 Å². The highest BCUT2D eigenvalue weighted by Gasteiger charge is 2.10. The first-order chi connectivity index (χ1) is 13.9. The minimum absolute atomic E-state index is 0.0930. The van der Waals surface area contributed by atoms with Gasteiger partial charge in [-0.15, -0.1) is 0 Å². The number of aryl methyl sites for hydroxylation is 1. The molecule has 29 heavy (non-hydrogen) atoms. The van der Waals surface area contributed by atoms with Crippen molar-refractivity contribution in [1.29, 1.82) is 0 Å². The zero-order valence-corrected chi connectivity index (χ0v) is 18.7. The molecule has 0 heterocycles. The average molecular weight is 494 g/mol. The Bertz CT molecular complexity index is 1030. The second kappa shape index (κ2) is 10.0. The molecular formula is C22H19BrCl2N2O2. The van der Waals surface area contributed by atoms with E-state index in [2.05, 4.69) is 26.6 Å². The van der Waals surface area contributed by atoms with Crippen LogP contribution in [0.5, 0.6) is 5.75 Å². The molecule has 3 rings (SSSR count). The van der Waals surface area contributed by atoms with E-state index in [9.17, 15) is 4.79 Å². The molecule has 0 aliphatic rings. The van der Waals surface area contributed by atoms with Gasteiger partial charge in [0.2, 0.25) is 0 Å². The van der Waals surface area contributed by atoms with Gasteiger partial charge in [-0.05, 0) is 61.0 Å². The SMILES string of the molecule is Cc1cccc(NC(=O)COc2ccc(Br)cc2CNc2ccc(Cl)cc2Cl)c1. The number of carbonyl (C=O) groups excluding carboxylic acids is 1. The Morgan fingerprint density at radius 1 is 1.07 bits per heavy atom. The molecule has 3 aromatic carbocycles. The van der Waals surface area contributed by atoms with Crippen LogP contribution in [0.15, 0.2) is 65.1 Å². The Morgan fingerprint density at radius 3 is 2.66 bits per heavy atom. The van der Waals surface area contributed by atoms with E-state index in [0.717, 1.165) is 27.0 Å². The molecule has 0 fully saturated rings. The van der Waals surface area contributed by atoms with E-state index in [0.29, 0.717) is 22.3 Å². The number of halogens is 3. The van der Waals surface area contributed by atoms with Crippen LogP contribution in [0.1, 0.15) is 11.1 Å². The van der Waals surface area contributed by atoms with Crippen LogP contribution < -0.4 is 15.4 Å². The Balaban J connectivity index is 1.64. The molecule has 0 aromatic heterocycles. The fourth-order valence-electron chi connectivity index (χ4n) is 2.71. The molecule has 1 amide bonds. The molecule has 4 nitrogen and oxygen atoms in total. The topological polar surface area (TPSA) is 50.4 Å². The molecule has 0 bridgehead atoms. The molecule has 3 aromatic rings. The summed E-state index contributed by atoms with van der Waals surface area (Å²) in [5.74, 6) is 0.392. The molecule has 0 unspecified atom stereocenters. The first-order valence-corrected chi connectivity index (χ1v) is 10.4. The van der Waals surface area contributed by atoms with Gasteiger partial charge in [0.1, 0.15) is 5.75 Å². The van der Waals surface area contributed by atoms with Gasteiger partial charge >= 0.3 is 0 Å². The smallest absolute Gasteiger partial charge is 0.262 e. The monoisotopic (exact) mass is 492 g/mol. The molecular weight excluding hydrogens is 475 g/mol. The van der Waals surface area contributed by atoms with E-state index < -0.39 is 0 Å². The summed E-state index contributed by atoms with van der Waals surface area (Å²) < 4.78 is 6.68. The molecule has 0 aliphatic carbocycles. The number of anilines is 2. The summed E-state index contributed by atoms with van der Waals surface area (Å²) in [4.78, 5) is 12.2. The van der Waals surface area contributed by atoms with Crippen LogP contribution in [0, 0.1) is 6.92 Å². The summed E-state index contributed by atoms with van der Waals surface area (Å²) in [6.07, 6.45) is 0. The van der Waals surface area contributed by atoms with E-state index in [1.165, 1.54) is 0 Å². The maximum Gasteiger partial charge on any atom is 0.262 e. The lowest BCUT2D eigenvalue weighted by Gasteiger charge is -2.14. The fraction of sp³-hybridized carbons (Fsp3) is 0.136. The van der Waals surface area contributed by atoms with E-state index in [-0.39, 0.29) is 12.5 Å². The summed E-state index contributed by atoms with van der Waals surface area (Å²) in [5, 5.41) is 7.21. The number of hydrogen-bond donors (Lipinski definition) is 2. The molecule has 2 N–H and O–H groups in total. The first-order valence-electron chi connectivity index (χ1n) is 8.87. The standard InChI is InChI=1S/C22H19BrCl2N2O2/c1-14-3-2-4-18(9-14)27-22(28)13-29-21-8-5-16(23)10-15(21)12-26-20-7-6-17(24)11-19(20)25/h2-11,26H,12-13H2,1H3,(H,27,28). The van der Waals surface area contributed by atoms with Crippen LogP contribution in [0.2, 0.25) is 10.0 Å². The van der Waals surface area contributed by atoms with Crippen molar-refractivity contribution in [3.05, 3.63) is 86.3 Å². The van der Waals surface area contributed by atoms with Gasteiger partial charge < -0.3 is 15.4 Å². The van der Waals surface area contributed by atoms with E-state index >= 15 is 0 Å². The lowest BCUT2D eigenvalue weighted by atomic mass is 10.2. The molecule has 7 heteroatoms. The number of amides is 1. The summed E-state index contributed by atoms with van der Waals surface area (Å²) in [6.45, 7) is 2.35. The van der Waals surface area contributed by atoms with Crippen molar-refractivity contribution in [3.8, 4) is 5.75 Å². The van der Waals surface area contributed by atoms with Gasteiger partial charge in [-0.3, -0.25) is 4.79 Å². The van der Waals surface area contributed by atoms with Crippen molar-refractivity contribution in [2.45, 2.75) is 13.5 Å². The number of carbonyl (C=O) groups is 1. The second-order valence-corrected chi connectivity index (χ2v) is 8.20. The highest BCUT2D eigenvalue weighted by Crippen LogP contribution is 2.28. The van der Waals surface area contributed by atoms with Crippen LogP contribution in [0.4, 0.5) is 11.4 Å². The molecule has 0 aliphatic heterocycles. The van der Waals surface area contributed by atoms with Crippen molar-refractivity contribution in [2.75, 3.05) is 17.2 Å². The quantitative estimate of drug-likeness (QED) is 0.385. The van der Waals surface area contributed by atoms with E-state index in [4.69, 9.17) is 27.9 Å². The van der Waals surface area contributed by atoms with E-state index in [1.54, 1.807) is 12.1 Å². The summed E-state index contributed by atoms with van der Waals surface area (Å²) in [7, 11) is 0. The Labute approximate surface area is 188 Å². The largest absolute Gasteiger partial charge is 0.483 e. The fourth-order valence-corrected chi connectivity index (χ4v) is 3.60. The van der Waals surface area contributed by atoms with Crippen LogP contribution in [-0.2, 0) is 11.3 Å². The Hall–Kier alpha value is -2.21. The van der Waals surface area contributed by atoms with Gasteiger partial charge in [0, 0.05) is 27.3 Å². The van der Waals surface area contributed by atoms with Crippen molar-refractivity contribution < 1.29 is 9.53 Å². The van der Waals surface area contributed by atoms with Crippen LogP contribution in [0.25, 0.3) is 0 Å². The summed E-state index contributed by atoms with van der Waals surface area (Å²) in [6, 6.07) is 18.5. The summed E-state index contributed by atoms with van der Waals surface area (Å²) >= 11 is 15.6. The van der Waals surface area contributed by atoms with Gasteiger partial charge in [0.15, 0.2) is 6.61 Å². The highest BCUT2D eigenvalue weighted by molar-refractivity contribution is 9.10. The Morgan fingerprint density at radius 2 is 1.90 bits per heavy atom. The number of rotatable bonds is 7. The third kappa shape index (κ3) is 6.39. The number of ether oxygens (including phenoxy) is 1. The Kier molecular flexibility index (Phi) is 7.42. The van der Waals surface area contributed by atoms with Crippen LogP contribution in [0.3, 0.4) is 0 Å². The number of benzene rings is 3. The predicted molar refractivity (Wildman–Crippen MR) is 123 cm³/mol. The van der Waals surface area contributed by atoms with Crippen molar-refractivity contribution >= 4 is 56.4 Å². The highest BCUT2D eigenvalue weighted by atomic mass is 79.9. The normalized spacial score (nSPS) is 10.5. The number of hydrogen-bond acceptors (Lipinski definition) is 3. The van der Waals surface area contributed by atoms with Crippen molar-refractivity contribution in [1.82, 2.24) is 0 Å². The third-order valence-corrected chi connectivity index (χ3v) is 5.12. The predicted octanol–water partition coefficient (Wildman–Crippen LogP) is 6.69. The second-order valence-electron chi connectivity index (χ2n) is 6.44. The summed E-state index contributed by atoms with van der Waals surface area (Å²) in [5.41, 5.74) is 3.47. The zero-order chi connectivity index (χ0) is 20.8. The van der Waals surface area contributed by atoms with Gasteiger partial charge in [-0.2, -0.15) is 0 Å². The minimum atomic E-state index is -0.224. The molecule has 0 atom stereocenters. The van der Waals surface area contributed by atoms with Gasteiger partial charge in [0.05, 0.1) is 10.7 Å². The van der Waals surface area contributed by atoms with Crippen molar-refractivity contribution in [3.63, 3.8) is 0 Å². The molecule has 0 saturated carbocycles. The first kappa shape index (κ1) is 21.5. The van der Waals surface area contributed by atoms with Gasteiger partial charge in [0.25, 0.3) is 5.91 Å². The van der Waals surface area contributed by atoms with Crippen LogP contribution in [-0.4, -0.2) is 12.5 Å². The molecule has 150 valence electrons. The lowest BCUT2D eigenvalue weighted by Crippen LogP contribution is -2.20. The third-order valence-electron chi connectivity index (χ3n) is 4.08. The minimum Gasteiger partial charge on any atom is -0.483 e. The van der Waals surface area contributed by atoms with Crippen molar-refractivity contribution in [2.24, 2.45) is 0 Å². The maximum atomic E-state index is 12.2. The molecule has 0 radical (unpaired) electrons. The molecule has 0 spiro atoms. The maximum absolute atomic E-state index is 12.2. The zero-order valence-electron chi connectivity index (χ0n) is 15.6. The average Bonchev–Trinajstić information content (AvgIpc) is 2.66. The lowest BCUT2D eigenvalue weighted by molar-refractivity contribution is -0.118. The van der Waals surface area contributed by atoms with Gasteiger partial charge in [-0.1, -0.05) is 51.3 Å².